The Morgan fingerprint density at radius 2 is 0.817 bits per heavy atom. The van der Waals surface area contributed by atoms with Gasteiger partial charge in [-0.15, -0.1) is 0 Å². The van der Waals surface area contributed by atoms with Gasteiger partial charge in [0.1, 0.15) is 33.9 Å². The van der Waals surface area contributed by atoms with E-state index in [1.165, 1.54) is 5.57 Å². The minimum atomic E-state index is -1.22. The number of hydrogen-bond donors (Lipinski definition) is 3. The number of fused-ring (bicyclic) bond motifs is 3. The average Bonchev–Trinajstić information content (AvgIpc) is 1.36. The van der Waals surface area contributed by atoms with E-state index < -0.39 is 33.4 Å². The fraction of sp³-hybridized carbons (Fsp3) is 0.641. The van der Waals surface area contributed by atoms with Crippen molar-refractivity contribution in [1.29, 1.82) is 0 Å². The van der Waals surface area contributed by atoms with Gasteiger partial charge in [0.25, 0.3) is 35.4 Å². The first-order valence-electron chi connectivity index (χ1n) is 38.0. The quantitative estimate of drug-likeness (QED) is 0.103. The Balaban J connectivity index is 0.000000139. The molecule has 7 fully saturated rings. The van der Waals surface area contributed by atoms with Crippen LogP contribution in [-0.4, -0.2) is 243 Å². The number of hydrogen-bond acceptors (Lipinski definition) is 17. The van der Waals surface area contributed by atoms with Crippen LogP contribution >= 0.6 is 0 Å². The molecule has 4 saturated heterocycles. The Morgan fingerprint density at radius 3 is 1.13 bits per heavy atom. The maximum absolute atomic E-state index is 13.6. The van der Waals surface area contributed by atoms with E-state index in [1.807, 2.05) is 41.5 Å². The van der Waals surface area contributed by atoms with E-state index in [4.69, 9.17) is 39.7 Å². The molecule has 26 heteroatoms. The van der Waals surface area contributed by atoms with Gasteiger partial charge in [0.2, 0.25) is 0 Å². The lowest BCUT2D eigenvalue weighted by Crippen LogP contribution is -2.65. The molecule has 0 radical (unpaired) electrons. The molecule has 0 atom stereocenters. The lowest BCUT2D eigenvalue weighted by Gasteiger charge is -2.49. The molecule has 6 amide bonds. The summed E-state index contributed by atoms with van der Waals surface area (Å²) < 4.78 is 16.2. The zero-order valence-electron chi connectivity index (χ0n) is 63.0. The van der Waals surface area contributed by atoms with Crippen molar-refractivity contribution in [2.45, 2.75) is 236 Å². The van der Waals surface area contributed by atoms with E-state index in [9.17, 15) is 44.1 Å². The molecule has 11 heterocycles. The largest absolute Gasteiger partial charge is 0.381 e. The molecule has 6 aromatic heterocycles. The van der Waals surface area contributed by atoms with E-state index in [0.717, 1.165) is 122 Å². The summed E-state index contributed by atoms with van der Waals surface area (Å²) in [5.74, 6) is -0.0371. The van der Waals surface area contributed by atoms with Crippen LogP contribution in [0.4, 0.5) is 0 Å². The number of piperazine rings is 3. The zero-order chi connectivity index (χ0) is 74.2. The molecule has 3 N–H and O–H groups in total. The first-order chi connectivity index (χ1) is 49.3. The lowest BCUT2D eigenvalue weighted by molar-refractivity contribution is -0.164. The third-order valence-corrected chi connectivity index (χ3v) is 23.2. The third-order valence-electron chi connectivity index (χ3n) is 23.2. The fourth-order valence-corrected chi connectivity index (χ4v) is 16.4. The van der Waals surface area contributed by atoms with Crippen LogP contribution in [0.3, 0.4) is 0 Å². The second-order valence-electron chi connectivity index (χ2n) is 33.3. The molecule has 6 aromatic rings. The summed E-state index contributed by atoms with van der Waals surface area (Å²) in [6.07, 6.45) is 21.3. The Bertz CT molecular complexity index is 4370. The molecule has 5 aliphatic heterocycles. The number of allylic oxidation sites excluding steroid dienone is 2. The average molecular weight is 1430 g/mol. The topological polar surface area (TPSA) is 292 Å². The Kier molecular flexibility index (Phi) is 20.5. The predicted molar refractivity (Wildman–Crippen MR) is 391 cm³/mol. The number of ether oxygens (including phenoxy) is 2. The second kappa shape index (κ2) is 28.7. The highest BCUT2D eigenvalue weighted by Gasteiger charge is 2.52. The summed E-state index contributed by atoms with van der Waals surface area (Å²) in [5.41, 5.74) is 6.35. The molecule has 9 aliphatic rings. The molecule has 0 aromatic carbocycles. The maximum atomic E-state index is 13.6. The number of nitrogens with zero attached hydrogens (tertiary/aromatic N) is 15. The van der Waals surface area contributed by atoms with E-state index in [1.54, 1.807) is 61.5 Å². The summed E-state index contributed by atoms with van der Waals surface area (Å²) in [4.78, 5) is 104. The van der Waals surface area contributed by atoms with Crippen molar-refractivity contribution in [2.24, 2.45) is 0 Å². The standard InChI is InChI=1S/C26H37N5O4.C26H35N5O4.C26H35N5O3/c2*1-17(2)19-14-20(18-6-12-35-13-7-18)28-31-15-21(27-22(19)31)23(32)30-11-10-29(16-25(30,3)4)24(33)26(34)8-5-9-26;1-17(2)19-14-20(18-8-5-6-9-18)28-31-15-21(27-22(19)31)23(32)30-13-12-29(16-25(30,3)4)24(33)26(34)10-7-11-26/h14-15,17-18,34H,5-13,16H2,1-4H3;6,14-15,17,34H,5,7-13,16H2,1-4H3;8,14-15,17,34H,5-7,9-13,16H2,1-4H3. The number of carbonyl (C=O) groups is 6. The van der Waals surface area contributed by atoms with Crippen molar-refractivity contribution in [1.82, 2.24) is 73.2 Å². The third kappa shape index (κ3) is 14.5. The highest BCUT2D eigenvalue weighted by Crippen LogP contribution is 2.40. The van der Waals surface area contributed by atoms with Gasteiger partial charge in [0.05, 0.1) is 65.5 Å². The summed E-state index contributed by atoms with van der Waals surface area (Å²) in [6, 6.07) is 6.35. The fourth-order valence-electron chi connectivity index (χ4n) is 16.4. The summed E-state index contributed by atoms with van der Waals surface area (Å²) in [7, 11) is 0. The van der Waals surface area contributed by atoms with Crippen LogP contribution in [0.25, 0.3) is 28.1 Å². The van der Waals surface area contributed by atoms with Gasteiger partial charge in [-0.05, 0) is 185 Å². The van der Waals surface area contributed by atoms with Crippen molar-refractivity contribution in [3.63, 3.8) is 0 Å². The minimum Gasteiger partial charge on any atom is -0.381 e. The maximum Gasteiger partial charge on any atom is 0.274 e. The molecule has 0 unspecified atom stereocenters. The first kappa shape index (κ1) is 74.2. The van der Waals surface area contributed by atoms with Gasteiger partial charge in [-0.3, -0.25) is 28.8 Å². The summed E-state index contributed by atoms with van der Waals surface area (Å²) >= 11 is 0. The number of imidazole rings is 3. The van der Waals surface area contributed by atoms with E-state index in [0.29, 0.717) is 139 Å². The van der Waals surface area contributed by atoms with Crippen LogP contribution < -0.4 is 0 Å². The second-order valence-corrected chi connectivity index (χ2v) is 33.3. The van der Waals surface area contributed by atoms with Crippen molar-refractivity contribution < 1.29 is 53.6 Å². The summed E-state index contributed by atoms with van der Waals surface area (Å²) in [5, 5.41) is 46.0. The highest BCUT2D eigenvalue weighted by atomic mass is 16.5. The molecule has 104 heavy (non-hydrogen) atoms. The first-order valence-corrected chi connectivity index (χ1v) is 38.0. The van der Waals surface area contributed by atoms with Gasteiger partial charge >= 0.3 is 0 Å². The van der Waals surface area contributed by atoms with Crippen LogP contribution in [0, 0.1) is 0 Å². The number of amides is 6. The van der Waals surface area contributed by atoms with Crippen LogP contribution in [-0.2, 0) is 23.9 Å². The van der Waals surface area contributed by atoms with Gasteiger partial charge in [0, 0.05) is 94.7 Å². The minimum absolute atomic E-state index is 0.152. The highest BCUT2D eigenvalue weighted by molar-refractivity contribution is 5.96. The molecule has 0 bridgehead atoms. The van der Waals surface area contributed by atoms with Crippen molar-refractivity contribution in [3.8, 4) is 0 Å². The van der Waals surface area contributed by atoms with E-state index in [2.05, 4.69) is 71.9 Å². The van der Waals surface area contributed by atoms with Gasteiger partial charge < -0.3 is 54.2 Å². The Labute approximate surface area is 609 Å². The van der Waals surface area contributed by atoms with Gasteiger partial charge in [0.15, 0.2) is 16.9 Å². The van der Waals surface area contributed by atoms with Crippen molar-refractivity contribution in [3.05, 3.63) is 99.8 Å². The van der Waals surface area contributed by atoms with Gasteiger partial charge in [-0.25, -0.2) is 28.5 Å². The van der Waals surface area contributed by atoms with Crippen LogP contribution in [0.1, 0.15) is 268 Å². The monoisotopic (exact) mass is 1430 g/mol. The molecule has 560 valence electrons. The number of carbonyl (C=O) groups excluding carboxylic acids is 6. The smallest absolute Gasteiger partial charge is 0.274 e. The van der Waals surface area contributed by atoms with Crippen LogP contribution in [0.15, 0.2) is 48.9 Å². The molecular formula is C78H107N15O11. The lowest BCUT2D eigenvalue weighted by atomic mass is 9.78. The molecular weight excluding hydrogens is 1320 g/mol. The number of aromatic nitrogens is 9. The molecule has 15 rings (SSSR count). The SMILES string of the molecule is CC(C)c1cc(C2=CCCC2)nn2cc(C(=O)N3CCN(C(=O)C4(O)CCC4)CC3(C)C)nc12.CC(C)c1cc(C2=CCOCC2)nn2cc(C(=O)N3CCN(C(=O)C4(O)CCC4)CC3(C)C)nc12.CC(C)c1cc(C2CCOCC2)nn2cc(C(=O)N3CCN(C(=O)C4(O)CCC4)CC3(C)C)nc12. The molecule has 26 nitrogen and oxygen atoms in total. The van der Waals surface area contributed by atoms with Gasteiger partial charge in [-0.1, -0.05) is 53.7 Å². The van der Waals surface area contributed by atoms with Gasteiger partial charge in [-0.2, -0.15) is 15.3 Å². The molecule has 0 spiro atoms. The van der Waals surface area contributed by atoms with E-state index >= 15 is 0 Å². The predicted octanol–water partition coefficient (Wildman–Crippen LogP) is 8.76. The van der Waals surface area contributed by atoms with Crippen molar-refractivity contribution >= 4 is 63.5 Å². The van der Waals surface area contributed by atoms with Crippen LogP contribution in [0.5, 0.6) is 0 Å². The number of aliphatic hydroxyl groups is 3. The Morgan fingerprint density at radius 1 is 0.452 bits per heavy atom. The van der Waals surface area contributed by atoms with E-state index in [-0.39, 0.29) is 53.2 Å². The normalized spacial score (nSPS) is 21.9. The van der Waals surface area contributed by atoms with Crippen molar-refractivity contribution in [2.75, 3.05) is 85.3 Å². The zero-order valence-corrected chi connectivity index (χ0v) is 63.0. The number of rotatable bonds is 12. The van der Waals surface area contributed by atoms with Crippen LogP contribution in [0.2, 0.25) is 0 Å². The summed E-state index contributed by atoms with van der Waals surface area (Å²) in [6.45, 7) is 30.9. The molecule has 4 aliphatic carbocycles. The molecule has 3 saturated carbocycles. The Hall–Kier alpha value is -8.04.